The van der Waals surface area contributed by atoms with Crippen LogP contribution in [-0.4, -0.2) is 21.0 Å². The number of carbonyl (C=O) groups is 1. The molecular formula is C18H14ClN3O3. The number of amides is 1. The first-order valence-corrected chi connectivity index (χ1v) is 7.82. The van der Waals surface area contributed by atoms with Crippen LogP contribution in [0.25, 0.3) is 11.3 Å². The van der Waals surface area contributed by atoms with Gasteiger partial charge in [0, 0.05) is 22.3 Å². The van der Waals surface area contributed by atoms with Gasteiger partial charge in [-0.05, 0) is 35.9 Å². The Balaban J connectivity index is 1.91. The molecule has 3 rings (SSSR count). The maximum absolute atomic E-state index is 12.1. The van der Waals surface area contributed by atoms with Gasteiger partial charge in [0.2, 0.25) is 0 Å². The number of hydrogen-bond acceptors (Lipinski definition) is 3. The fraction of sp³-hybridized carbons (Fsp3) is 0.0556. The van der Waals surface area contributed by atoms with E-state index in [1.807, 2.05) is 12.1 Å². The number of nitrogens with one attached hydrogen (secondary N) is 1. The highest BCUT2D eigenvalue weighted by molar-refractivity contribution is 6.30. The molecule has 126 valence electrons. The van der Waals surface area contributed by atoms with Crippen LogP contribution in [0.1, 0.15) is 5.56 Å². The summed E-state index contributed by atoms with van der Waals surface area (Å²) in [6.07, 6.45) is -1.14. The Morgan fingerprint density at radius 3 is 2.68 bits per heavy atom. The second-order valence-electron chi connectivity index (χ2n) is 5.36. The molecule has 0 atom stereocenters. The molecule has 1 amide bonds. The summed E-state index contributed by atoms with van der Waals surface area (Å²) in [6, 6.07) is 17.1. The Labute approximate surface area is 148 Å². The van der Waals surface area contributed by atoms with E-state index in [2.05, 4.69) is 10.4 Å². The lowest BCUT2D eigenvalue weighted by molar-refractivity contribution is 0.210. The monoisotopic (exact) mass is 355 g/mol. The summed E-state index contributed by atoms with van der Waals surface area (Å²) in [4.78, 5) is 22.8. The van der Waals surface area contributed by atoms with Crippen LogP contribution in [0.15, 0.2) is 65.5 Å². The molecule has 0 spiro atoms. The molecule has 0 bridgehead atoms. The zero-order chi connectivity index (χ0) is 17.8. The highest BCUT2D eigenvalue weighted by atomic mass is 35.5. The van der Waals surface area contributed by atoms with Gasteiger partial charge < -0.3 is 5.11 Å². The van der Waals surface area contributed by atoms with Crippen molar-refractivity contribution in [2.45, 2.75) is 6.54 Å². The third-order valence-electron chi connectivity index (χ3n) is 3.50. The highest BCUT2D eigenvalue weighted by Gasteiger charge is 2.06. The molecule has 2 aromatic carbocycles. The van der Waals surface area contributed by atoms with Crippen LogP contribution in [0.2, 0.25) is 5.02 Å². The number of carboxylic acid groups (broad SMARTS) is 1. The van der Waals surface area contributed by atoms with Crippen LogP contribution in [0.3, 0.4) is 0 Å². The zero-order valence-electron chi connectivity index (χ0n) is 13.0. The normalized spacial score (nSPS) is 10.4. The topological polar surface area (TPSA) is 84.2 Å². The predicted octanol–water partition coefficient (Wildman–Crippen LogP) is 3.70. The molecule has 7 heteroatoms. The van der Waals surface area contributed by atoms with E-state index in [4.69, 9.17) is 16.7 Å². The van der Waals surface area contributed by atoms with Crippen LogP contribution in [0.5, 0.6) is 0 Å². The fourth-order valence-corrected chi connectivity index (χ4v) is 2.60. The number of anilines is 1. The largest absolute Gasteiger partial charge is 0.465 e. The van der Waals surface area contributed by atoms with Crippen molar-refractivity contribution in [1.29, 1.82) is 0 Å². The van der Waals surface area contributed by atoms with E-state index in [9.17, 15) is 9.59 Å². The Bertz CT molecular complexity index is 985. The Morgan fingerprint density at radius 1 is 1.12 bits per heavy atom. The second-order valence-corrected chi connectivity index (χ2v) is 5.79. The van der Waals surface area contributed by atoms with Crippen molar-refractivity contribution in [2.75, 3.05) is 5.32 Å². The van der Waals surface area contributed by atoms with Crippen molar-refractivity contribution in [2.24, 2.45) is 0 Å². The Morgan fingerprint density at radius 2 is 1.92 bits per heavy atom. The van der Waals surface area contributed by atoms with Gasteiger partial charge in [-0.1, -0.05) is 35.9 Å². The standard InChI is InChI=1S/C18H14ClN3O3/c19-14-5-2-4-13(10-14)16-7-8-17(23)22(21-16)11-12-3-1-6-15(9-12)20-18(24)25/h1-10,20H,11H2,(H,24,25). The summed E-state index contributed by atoms with van der Waals surface area (Å²) in [5.74, 6) is 0. The van der Waals surface area contributed by atoms with E-state index in [1.54, 1.807) is 42.5 Å². The average molecular weight is 356 g/mol. The number of hydrogen-bond donors (Lipinski definition) is 2. The lowest BCUT2D eigenvalue weighted by atomic mass is 10.1. The summed E-state index contributed by atoms with van der Waals surface area (Å²) < 4.78 is 1.33. The molecule has 2 N–H and O–H groups in total. The minimum atomic E-state index is -1.14. The molecule has 0 aliphatic carbocycles. The van der Waals surface area contributed by atoms with Crippen molar-refractivity contribution in [3.8, 4) is 11.3 Å². The van der Waals surface area contributed by atoms with E-state index in [0.29, 0.717) is 16.4 Å². The molecule has 0 saturated carbocycles. The van der Waals surface area contributed by atoms with E-state index in [0.717, 1.165) is 11.1 Å². The minimum Gasteiger partial charge on any atom is -0.465 e. The molecule has 3 aromatic rings. The van der Waals surface area contributed by atoms with E-state index in [1.165, 1.54) is 10.7 Å². The molecule has 0 aliphatic rings. The smallest absolute Gasteiger partial charge is 0.409 e. The molecule has 6 nitrogen and oxygen atoms in total. The van der Waals surface area contributed by atoms with Crippen molar-refractivity contribution < 1.29 is 9.90 Å². The second kappa shape index (κ2) is 7.19. The number of rotatable bonds is 4. The first-order valence-electron chi connectivity index (χ1n) is 7.44. The summed E-state index contributed by atoms with van der Waals surface area (Å²) in [5.41, 5.74) is 2.37. The minimum absolute atomic E-state index is 0.225. The van der Waals surface area contributed by atoms with Crippen molar-refractivity contribution in [3.05, 3.63) is 81.6 Å². The van der Waals surface area contributed by atoms with Crippen molar-refractivity contribution >= 4 is 23.4 Å². The Hall–Kier alpha value is -3.12. The summed E-state index contributed by atoms with van der Waals surface area (Å²) in [5, 5.41) is 16.0. The van der Waals surface area contributed by atoms with Crippen LogP contribution in [0, 0.1) is 0 Å². The van der Waals surface area contributed by atoms with Gasteiger partial charge in [0.05, 0.1) is 12.2 Å². The maximum Gasteiger partial charge on any atom is 0.409 e. The van der Waals surface area contributed by atoms with Gasteiger partial charge in [-0.2, -0.15) is 5.10 Å². The van der Waals surface area contributed by atoms with Crippen molar-refractivity contribution in [1.82, 2.24) is 9.78 Å². The number of halogens is 1. The van der Waals surface area contributed by atoms with Crippen LogP contribution < -0.4 is 10.9 Å². The average Bonchev–Trinajstić information content (AvgIpc) is 2.56. The molecule has 0 saturated heterocycles. The van der Waals surface area contributed by atoms with Gasteiger partial charge >= 0.3 is 6.09 Å². The van der Waals surface area contributed by atoms with Crippen molar-refractivity contribution in [3.63, 3.8) is 0 Å². The number of benzene rings is 2. The first-order chi connectivity index (χ1) is 12.0. The lowest BCUT2D eigenvalue weighted by Gasteiger charge is -2.09. The molecule has 0 unspecified atom stereocenters. The molecule has 0 radical (unpaired) electrons. The molecule has 0 fully saturated rings. The highest BCUT2D eigenvalue weighted by Crippen LogP contribution is 2.20. The zero-order valence-corrected chi connectivity index (χ0v) is 13.8. The molecule has 0 aliphatic heterocycles. The van der Waals surface area contributed by atoms with E-state index in [-0.39, 0.29) is 12.1 Å². The van der Waals surface area contributed by atoms with Crippen LogP contribution >= 0.6 is 11.6 Å². The van der Waals surface area contributed by atoms with Crippen LogP contribution in [-0.2, 0) is 6.54 Å². The van der Waals surface area contributed by atoms with E-state index >= 15 is 0 Å². The maximum atomic E-state index is 12.1. The van der Waals surface area contributed by atoms with Gasteiger partial charge in [-0.3, -0.25) is 10.1 Å². The predicted molar refractivity (Wildman–Crippen MR) is 96.1 cm³/mol. The summed E-state index contributed by atoms with van der Waals surface area (Å²) in [6.45, 7) is 0.225. The van der Waals surface area contributed by atoms with Gasteiger partial charge in [0.25, 0.3) is 5.56 Å². The van der Waals surface area contributed by atoms with Crippen LogP contribution in [0.4, 0.5) is 10.5 Å². The molecule has 25 heavy (non-hydrogen) atoms. The summed E-state index contributed by atoms with van der Waals surface area (Å²) >= 11 is 6.00. The summed E-state index contributed by atoms with van der Waals surface area (Å²) in [7, 11) is 0. The quantitative estimate of drug-likeness (QED) is 0.747. The van der Waals surface area contributed by atoms with Gasteiger partial charge in [-0.25, -0.2) is 9.48 Å². The van der Waals surface area contributed by atoms with Gasteiger partial charge in [-0.15, -0.1) is 0 Å². The third-order valence-corrected chi connectivity index (χ3v) is 3.73. The fourth-order valence-electron chi connectivity index (χ4n) is 2.41. The number of aromatic nitrogens is 2. The third kappa shape index (κ3) is 4.24. The van der Waals surface area contributed by atoms with Gasteiger partial charge in [0.1, 0.15) is 0 Å². The number of nitrogens with zero attached hydrogens (tertiary/aromatic N) is 2. The molecular weight excluding hydrogens is 342 g/mol. The first kappa shape index (κ1) is 16.7. The lowest BCUT2D eigenvalue weighted by Crippen LogP contribution is -2.22. The van der Waals surface area contributed by atoms with Gasteiger partial charge in [0.15, 0.2) is 0 Å². The molecule has 1 aromatic heterocycles. The Kier molecular flexibility index (Phi) is 4.81. The molecule has 1 heterocycles. The van der Waals surface area contributed by atoms with E-state index < -0.39 is 6.09 Å². The SMILES string of the molecule is O=C(O)Nc1cccc(Cn2nc(-c3cccc(Cl)c3)ccc2=O)c1.